The van der Waals surface area contributed by atoms with Gasteiger partial charge in [-0.2, -0.15) is 0 Å². The lowest BCUT2D eigenvalue weighted by atomic mass is 10.0. The van der Waals surface area contributed by atoms with Crippen molar-refractivity contribution in [1.29, 1.82) is 0 Å². The highest BCUT2D eigenvalue weighted by Crippen LogP contribution is 2.26. The molecule has 0 saturated carbocycles. The summed E-state index contributed by atoms with van der Waals surface area (Å²) >= 11 is 0. The zero-order chi connectivity index (χ0) is 14.8. The molecule has 106 valence electrons. The van der Waals surface area contributed by atoms with Gasteiger partial charge in [0.1, 0.15) is 17.3 Å². The van der Waals surface area contributed by atoms with Gasteiger partial charge in [0.2, 0.25) is 0 Å². The Morgan fingerprint density at radius 3 is 2.19 bits per heavy atom. The van der Waals surface area contributed by atoms with Crippen LogP contribution in [0.2, 0.25) is 0 Å². The Balaban J connectivity index is 1.91. The molecule has 0 heterocycles. The van der Waals surface area contributed by atoms with Crippen LogP contribution in [0.1, 0.15) is 18.5 Å². The van der Waals surface area contributed by atoms with Crippen molar-refractivity contribution in [2.75, 3.05) is 5.32 Å². The molecule has 1 nitrogen and oxygen atoms in total. The minimum Gasteiger partial charge on any atom is -0.374 e. The Hall–Kier alpha value is -2.42. The van der Waals surface area contributed by atoms with Gasteiger partial charge in [0.15, 0.2) is 0 Å². The topological polar surface area (TPSA) is 12.0 Å². The molecule has 0 bridgehead atoms. The van der Waals surface area contributed by atoms with Crippen LogP contribution >= 0.6 is 0 Å². The number of benzene rings is 3. The number of halogens is 2. The van der Waals surface area contributed by atoms with Gasteiger partial charge < -0.3 is 5.32 Å². The van der Waals surface area contributed by atoms with E-state index in [4.69, 9.17) is 0 Å². The quantitative estimate of drug-likeness (QED) is 0.688. The van der Waals surface area contributed by atoms with Crippen LogP contribution in [0.25, 0.3) is 10.8 Å². The van der Waals surface area contributed by atoms with Crippen molar-refractivity contribution in [1.82, 2.24) is 0 Å². The van der Waals surface area contributed by atoms with E-state index in [2.05, 4.69) is 5.32 Å². The average molecular weight is 283 g/mol. The van der Waals surface area contributed by atoms with Crippen LogP contribution in [0.15, 0.2) is 60.7 Å². The molecular formula is C18H15F2N. The van der Waals surface area contributed by atoms with E-state index in [0.717, 1.165) is 16.3 Å². The normalized spacial score (nSPS) is 12.3. The molecule has 3 heteroatoms. The summed E-state index contributed by atoms with van der Waals surface area (Å²) in [6, 6.07) is 17.7. The molecule has 0 radical (unpaired) electrons. The van der Waals surface area contributed by atoms with Crippen molar-refractivity contribution in [3.05, 3.63) is 77.9 Å². The van der Waals surface area contributed by atoms with E-state index in [0.29, 0.717) is 0 Å². The lowest BCUT2D eigenvalue weighted by molar-refractivity contribution is 0.584. The van der Waals surface area contributed by atoms with Crippen LogP contribution in [-0.4, -0.2) is 0 Å². The molecule has 0 aliphatic carbocycles. The van der Waals surface area contributed by atoms with Crippen LogP contribution in [0, 0.1) is 11.6 Å². The predicted molar refractivity (Wildman–Crippen MR) is 82.3 cm³/mol. The zero-order valence-corrected chi connectivity index (χ0v) is 11.6. The highest BCUT2D eigenvalue weighted by molar-refractivity contribution is 5.83. The van der Waals surface area contributed by atoms with Crippen LogP contribution in [-0.2, 0) is 0 Å². The van der Waals surface area contributed by atoms with Gasteiger partial charge in [-0.1, -0.05) is 42.5 Å². The first-order valence-electron chi connectivity index (χ1n) is 6.84. The lowest BCUT2D eigenvalue weighted by Crippen LogP contribution is -2.09. The Kier molecular flexibility index (Phi) is 3.57. The van der Waals surface area contributed by atoms with Gasteiger partial charge >= 0.3 is 0 Å². The molecule has 21 heavy (non-hydrogen) atoms. The van der Waals surface area contributed by atoms with Gasteiger partial charge in [0.05, 0.1) is 0 Å². The number of rotatable bonds is 3. The summed E-state index contributed by atoms with van der Waals surface area (Å²) in [5.41, 5.74) is 0.898. The van der Waals surface area contributed by atoms with Crippen molar-refractivity contribution < 1.29 is 8.78 Å². The fourth-order valence-corrected chi connectivity index (χ4v) is 2.41. The summed E-state index contributed by atoms with van der Waals surface area (Å²) in [4.78, 5) is 0. The second-order valence-electron chi connectivity index (χ2n) is 5.07. The second-order valence-corrected chi connectivity index (χ2v) is 5.07. The third-order valence-electron chi connectivity index (χ3n) is 3.60. The summed E-state index contributed by atoms with van der Waals surface area (Å²) in [5, 5.41) is 5.16. The van der Waals surface area contributed by atoms with E-state index in [1.54, 1.807) is 0 Å². The minimum absolute atomic E-state index is 0.0850. The molecule has 3 aromatic carbocycles. The maximum atomic E-state index is 13.7. The van der Waals surface area contributed by atoms with Gasteiger partial charge in [-0.15, -0.1) is 0 Å². The molecule has 0 amide bonds. The first-order chi connectivity index (χ1) is 10.1. The van der Waals surface area contributed by atoms with Crippen molar-refractivity contribution in [3.63, 3.8) is 0 Å². The van der Waals surface area contributed by atoms with Crippen molar-refractivity contribution in [2.24, 2.45) is 0 Å². The van der Waals surface area contributed by atoms with E-state index in [1.807, 2.05) is 49.4 Å². The lowest BCUT2D eigenvalue weighted by Gasteiger charge is -2.17. The number of fused-ring (bicyclic) bond motifs is 1. The van der Waals surface area contributed by atoms with Crippen molar-refractivity contribution in [2.45, 2.75) is 13.0 Å². The SMILES string of the molecule is CC(Nc1c(F)cccc1F)c1ccc2ccccc2c1. The highest BCUT2D eigenvalue weighted by Gasteiger charge is 2.12. The van der Waals surface area contributed by atoms with Gasteiger partial charge in [0.25, 0.3) is 0 Å². The van der Waals surface area contributed by atoms with Gasteiger partial charge in [-0.25, -0.2) is 8.78 Å². The first kappa shape index (κ1) is 13.6. The summed E-state index contributed by atoms with van der Waals surface area (Å²) in [5.74, 6) is -1.16. The number of nitrogens with one attached hydrogen (secondary N) is 1. The number of hydrogen-bond acceptors (Lipinski definition) is 1. The third-order valence-corrected chi connectivity index (χ3v) is 3.60. The fraction of sp³-hybridized carbons (Fsp3) is 0.111. The summed E-state index contributed by atoms with van der Waals surface area (Å²) in [6.45, 7) is 1.88. The van der Waals surface area contributed by atoms with E-state index in [9.17, 15) is 8.78 Å². The zero-order valence-electron chi connectivity index (χ0n) is 11.6. The molecule has 0 aliphatic rings. The molecule has 1 N–H and O–H groups in total. The molecule has 0 fully saturated rings. The van der Waals surface area contributed by atoms with Crippen LogP contribution in [0.5, 0.6) is 0 Å². The monoisotopic (exact) mass is 283 g/mol. The fourth-order valence-electron chi connectivity index (χ4n) is 2.41. The minimum atomic E-state index is -0.581. The molecule has 0 aliphatic heterocycles. The number of para-hydroxylation sites is 1. The van der Waals surface area contributed by atoms with Crippen LogP contribution in [0.4, 0.5) is 14.5 Å². The Bertz CT molecular complexity index is 763. The van der Waals surface area contributed by atoms with Gasteiger partial charge in [0, 0.05) is 6.04 Å². The third kappa shape index (κ3) is 2.72. The van der Waals surface area contributed by atoms with E-state index >= 15 is 0 Å². The van der Waals surface area contributed by atoms with E-state index < -0.39 is 11.6 Å². The molecule has 0 saturated heterocycles. The van der Waals surface area contributed by atoms with Crippen LogP contribution in [0.3, 0.4) is 0 Å². The van der Waals surface area contributed by atoms with Gasteiger partial charge in [-0.3, -0.25) is 0 Å². The Morgan fingerprint density at radius 1 is 0.810 bits per heavy atom. The molecule has 3 rings (SSSR count). The second kappa shape index (κ2) is 5.52. The standard InChI is InChI=1S/C18H15F2N/c1-12(21-18-16(19)7-4-8-17(18)20)14-10-9-13-5-2-3-6-15(13)11-14/h2-12,21H,1H3. The molecule has 3 aromatic rings. The smallest absolute Gasteiger partial charge is 0.149 e. The molecule has 0 aromatic heterocycles. The summed E-state index contributed by atoms with van der Waals surface area (Å²) in [6.07, 6.45) is 0. The molecule has 1 atom stereocenters. The van der Waals surface area contributed by atoms with Crippen LogP contribution < -0.4 is 5.32 Å². The van der Waals surface area contributed by atoms with E-state index in [1.165, 1.54) is 18.2 Å². The van der Waals surface area contributed by atoms with Gasteiger partial charge in [-0.05, 0) is 41.5 Å². The van der Waals surface area contributed by atoms with E-state index in [-0.39, 0.29) is 11.7 Å². The summed E-state index contributed by atoms with van der Waals surface area (Å²) in [7, 11) is 0. The van der Waals surface area contributed by atoms with Crippen molar-refractivity contribution >= 4 is 16.5 Å². The largest absolute Gasteiger partial charge is 0.374 e. The Labute approximate surface area is 122 Å². The highest BCUT2D eigenvalue weighted by atomic mass is 19.1. The molecule has 1 unspecified atom stereocenters. The Morgan fingerprint density at radius 2 is 1.48 bits per heavy atom. The first-order valence-corrected chi connectivity index (χ1v) is 6.84. The number of anilines is 1. The van der Waals surface area contributed by atoms with Crippen molar-refractivity contribution in [3.8, 4) is 0 Å². The average Bonchev–Trinajstić information content (AvgIpc) is 2.50. The maximum Gasteiger partial charge on any atom is 0.149 e. The molecule has 0 spiro atoms. The molecular weight excluding hydrogens is 268 g/mol. The summed E-state index contributed by atoms with van der Waals surface area (Å²) < 4.78 is 27.4. The maximum absolute atomic E-state index is 13.7. The number of hydrogen-bond donors (Lipinski definition) is 1. The predicted octanol–water partition coefficient (Wildman–Crippen LogP) is 5.29.